The van der Waals surface area contributed by atoms with E-state index in [1.165, 1.54) is 0 Å². The Hall–Kier alpha value is -1.31. The zero-order valence-electron chi connectivity index (χ0n) is 10.7. The number of allylic oxidation sites excluding steroid dienone is 1. The molecule has 16 heavy (non-hydrogen) atoms. The van der Waals surface area contributed by atoms with Crippen molar-refractivity contribution in [1.29, 1.82) is 0 Å². The van der Waals surface area contributed by atoms with E-state index >= 15 is 0 Å². The van der Waals surface area contributed by atoms with Gasteiger partial charge in [0.1, 0.15) is 5.82 Å². The molecule has 88 valence electrons. The number of hydrogen-bond donors (Lipinski definition) is 1. The van der Waals surface area contributed by atoms with Crippen molar-refractivity contribution >= 4 is 11.9 Å². The van der Waals surface area contributed by atoms with E-state index in [2.05, 4.69) is 37.9 Å². The number of aryl methyl sites for hydroxylation is 1. The minimum Gasteiger partial charge on any atom is -0.383 e. The lowest BCUT2D eigenvalue weighted by Crippen LogP contribution is -2.03. The fourth-order valence-electron chi connectivity index (χ4n) is 1.79. The van der Waals surface area contributed by atoms with Crippen molar-refractivity contribution in [1.82, 2.24) is 4.98 Å². The Morgan fingerprint density at radius 2 is 2.06 bits per heavy atom. The van der Waals surface area contributed by atoms with Gasteiger partial charge in [0.2, 0.25) is 0 Å². The molecule has 2 heteroatoms. The number of aromatic nitrogens is 1. The molecule has 0 radical (unpaired) electrons. The predicted octanol–water partition coefficient (Wildman–Crippen LogP) is 3.67. The third kappa shape index (κ3) is 3.37. The Morgan fingerprint density at radius 1 is 1.38 bits per heavy atom. The van der Waals surface area contributed by atoms with Gasteiger partial charge in [-0.2, -0.15) is 0 Å². The van der Waals surface area contributed by atoms with Crippen LogP contribution in [0.1, 0.15) is 38.4 Å². The fraction of sp³-hybridized carbons (Fsp3) is 0.500. The highest BCUT2D eigenvalue weighted by atomic mass is 14.8. The molecule has 1 atom stereocenters. The second-order valence-corrected chi connectivity index (χ2v) is 4.60. The van der Waals surface area contributed by atoms with Gasteiger partial charge in [-0.05, 0) is 37.3 Å². The lowest BCUT2D eigenvalue weighted by atomic mass is 9.92. The number of nitrogens with zero attached hydrogens (tertiary/aromatic N) is 1. The van der Waals surface area contributed by atoms with E-state index in [0.717, 1.165) is 17.7 Å². The van der Waals surface area contributed by atoms with Gasteiger partial charge in [0.15, 0.2) is 0 Å². The second-order valence-electron chi connectivity index (χ2n) is 4.60. The maximum Gasteiger partial charge on any atom is 0.130 e. The first-order chi connectivity index (χ1) is 7.54. The van der Waals surface area contributed by atoms with Crippen LogP contribution >= 0.6 is 0 Å². The SMILES string of the molecule is CCC(/C=C\c1ccc(C)nc1N)C(C)C. The molecule has 1 heterocycles. The summed E-state index contributed by atoms with van der Waals surface area (Å²) in [4.78, 5) is 4.25. The standard InChI is InChI=1S/C14H22N2/c1-5-12(10(2)3)8-9-13-7-6-11(4)16-14(13)15/h6-10,12H,5H2,1-4H3,(H2,15,16)/b9-8-. The molecule has 1 aromatic rings. The molecular formula is C14H22N2. The second kappa shape index (κ2) is 5.69. The van der Waals surface area contributed by atoms with Gasteiger partial charge < -0.3 is 5.73 Å². The lowest BCUT2D eigenvalue weighted by molar-refractivity contribution is 0.454. The Labute approximate surface area is 98.6 Å². The van der Waals surface area contributed by atoms with Gasteiger partial charge in [-0.15, -0.1) is 0 Å². The topological polar surface area (TPSA) is 38.9 Å². The number of hydrogen-bond acceptors (Lipinski definition) is 2. The van der Waals surface area contributed by atoms with Crippen LogP contribution in [0.5, 0.6) is 0 Å². The van der Waals surface area contributed by atoms with Crippen molar-refractivity contribution in [2.75, 3.05) is 5.73 Å². The molecule has 0 aliphatic rings. The summed E-state index contributed by atoms with van der Waals surface area (Å²) in [5, 5.41) is 0. The third-order valence-corrected chi connectivity index (χ3v) is 2.95. The first-order valence-corrected chi connectivity index (χ1v) is 5.96. The van der Waals surface area contributed by atoms with E-state index in [9.17, 15) is 0 Å². The van der Waals surface area contributed by atoms with Crippen molar-refractivity contribution in [2.45, 2.75) is 34.1 Å². The molecule has 2 nitrogen and oxygen atoms in total. The number of pyridine rings is 1. The van der Waals surface area contributed by atoms with Gasteiger partial charge in [0.05, 0.1) is 0 Å². The maximum absolute atomic E-state index is 5.86. The average molecular weight is 218 g/mol. The third-order valence-electron chi connectivity index (χ3n) is 2.95. The van der Waals surface area contributed by atoms with E-state index in [1.54, 1.807) is 0 Å². The number of nitrogens with two attached hydrogens (primary N) is 1. The van der Waals surface area contributed by atoms with Crippen molar-refractivity contribution in [3.63, 3.8) is 0 Å². The number of anilines is 1. The normalized spacial score (nSPS) is 13.6. The summed E-state index contributed by atoms with van der Waals surface area (Å²) in [6.07, 6.45) is 5.50. The van der Waals surface area contributed by atoms with Crippen molar-refractivity contribution < 1.29 is 0 Å². The Bertz CT molecular complexity index is 367. The van der Waals surface area contributed by atoms with Gasteiger partial charge in [0.25, 0.3) is 0 Å². The van der Waals surface area contributed by atoms with Crippen molar-refractivity contribution in [3.8, 4) is 0 Å². The van der Waals surface area contributed by atoms with E-state index in [0.29, 0.717) is 17.7 Å². The van der Waals surface area contributed by atoms with Crippen LogP contribution < -0.4 is 5.73 Å². The van der Waals surface area contributed by atoms with Crippen LogP contribution in [0.15, 0.2) is 18.2 Å². The molecule has 1 rings (SSSR count). The summed E-state index contributed by atoms with van der Waals surface area (Å²) >= 11 is 0. The van der Waals surface area contributed by atoms with Crippen LogP contribution in [0, 0.1) is 18.8 Å². The summed E-state index contributed by atoms with van der Waals surface area (Å²) < 4.78 is 0. The largest absolute Gasteiger partial charge is 0.383 e. The molecule has 0 aliphatic heterocycles. The Morgan fingerprint density at radius 3 is 2.56 bits per heavy atom. The van der Waals surface area contributed by atoms with Gasteiger partial charge >= 0.3 is 0 Å². The van der Waals surface area contributed by atoms with Crippen LogP contribution in [0.25, 0.3) is 6.08 Å². The highest BCUT2D eigenvalue weighted by Gasteiger charge is 2.06. The summed E-state index contributed by atoms with van der Waals surface area (Å²) in [6, 6.07) is 4.02. The predicted molar refractivity (Wildman–Crippen MR) is 71.0 cm³/mol. The van der Waals surface area contributed by atoms with Crippen LogP contribution in [-0.4, -0.2) is 4.98 Å². The molecule has 0 aromatic carbocycles. The van der Waals surface area contributed by atoms with Gasteiger partial charge in [-0.3, -0.25) is 0 Å². The molecule has 2 N–H and O–H groups in total. The summed E-state index contributed by atoms with van der Waals surface area (Å²) in [5.74, 6) is 1.90. The first kappa shape index (κ1) is 12.8. The summed E-state index contributed by atoms with van der Waals surface area (Å²) in [5.41, 5.74) is 7.84. The average Bonchev–Trinajstić information content (AvgIpc) is 2.21. The van der Waals surface area contributed by atoms with Crippen LogP contribution in [0.3, 0.4) is 0 Å². The summed E-state index contributed by atoms with van der Waals surface area (Å²) in [7, 11) is 0. The molecule has 0 spiro atoms. The van der Waals surface area contributed by atoms with Gasteiger partial charge in [-0.1, -0.05) is 32.9 Å². The quantitative estimate of drug-likeness (QED) is 0.837. The van der Waals surface area contributed by atoms with Crippen LogP contribution in [0.2, 0.25) is 0 Å². The minimum absolute atomic E-state index is 0.612. The molecule has 0 fully saturated rings. The Balaban J connectivity index is 2.83. The Kier molecular flexibility index (Phi) is 4.53. The molecule has 0 aliphatic carbocycles. The van der Waals surface area contributed by atoms with E-state index in [4.69, 9.17) is 5.73 Å². The zero-order chi connectivity index (χ0) is 12.1. The first-order valence-electron chi connectivity index (χ1n) is 5.96. The fourth-order valence-corrected chi connectivity index (χ4v) is 1.79. The maximum atomic E-state index is 5.86. The number of rotatable bonds is 4. The van der Waals surface area contributed by atoms with Gasteiger partial charge in [-0.25, -0.2) is 4.98 Å². The zero-order valence-corrected chi connectivity index (χ0v) is 10.7. The molecule has 1 unspecified atom stereocenters. The minimum atomic E-state index is 0.612. The molecular weight excluding hydrogens is 196 g/mol. The van der Waals surface area contributed by atoms with Crippen LogP contribution in [-0.2, 0) is 0 Å². The van der Waals surface area contributed by atoms with E-state index in [-0.39, 0.29) is 0 Å². The van der Waals surface area contributed by atoms with Crippen molar-refractivity contribution in [3.05, 3.63) is 29.5 Å². The molecule has 1 aromatic heterocycles. The molecule has 0 saturated heterocycles. The summed E-state index contributed by atoms with van der Waals surface area (Å²) in [6.45, 7) is 8.66. The molecule has 0 amide bonds. The van der Waals surface area contributed by atoms with Crippen molar-refractivity contribution in [2.24, 2.45) is 11.8 Å². The highest BCUT2D eigenvalue weighted by molar-refractivity contribution is 5.61. The number of nitrogen functional groups attached to an aromatic ring is 1. The molecule has 0 bridgehead atoms. The van der Waals surface area contributed by atoms with Gasteiger partial charge in [0, 0.05) is 11.3 Å². The van der Waals surface area contributed by atoms with Crippen LogP contribution in [0.4, 0.5) is 5.82 Å². The molecule has 0 saturated carbocycles. The smallest absolute Gasteiger partial charge is 0.130 e. The monoisotopic (exact) mass is 218 g/mol. The van der Waals surface area contributed by atoms with E-state index < -0.39 is 0 Å². The van der Waals surface area contributed by atoms with E-state index in [1.807, 2.05) is 19.1 Å². The highest BCUT2D eigenvalue weighted by Crippen LogP contribution is 2.19. The lowest BCUT2D eigenvalue weighted by Gasteiger charge is -2.14.